The molecule has 0 radical (unpaired) electrons. The monoisotopic (exact) mass is 288 g/mol. The average Bonchev–Trinajstić information content (AvgIpc) is 2.70. The lowest BCUT2D eigenvalue weighted by Crippen LogP contribution is -2.37. The van der Waals surface area contributed by atoms with Gasteiger partial charge in [0.05, 0.1) is 11.1 Å². The van der Waals surface area contributed by atoms with Crippen molar-refractivity contribution >= 4 is 17.7 Å². The van der Waals surface area contributed by atoms with Crippen LogP contribution in [0.4, 0.5) is 0 Å². The van der Waals surface area contributed by atoms with Gasteiger partial charge in [-0.2, -0.15) is 0 Å². The molecule has 1 aromatic carbocycles. The van der Waals surface area contributed by atoms with Crippen LogP contribution in [-0.2, 0) is 4.79 Å². The van der Waals surface area contributed by atoms with Crippen molar-refractivity contribution in [2.45, 2.75) is 39.2 Å². The first-order chi connectivity index (χ1) is 10.0. The van der Waals surface area contributed by atoms with Crippen LogP contribution in [0, 0.1) is 0 Å². The Kier molecular flexibility index (Phi) is 4.73. The van der Waals surface area contributed by atoms with Crippen LogP contribution >= 0.6 is 0 Å². The zero-order valence-corrected chi connectivity index (χ0v) is 12.4. The maximum Gasteiger partial charge on any atom is 0.261 e. The SMILES string of the molecule is CCC[C@H](C)NC(=O)CCN1C(=O)c2ccccc2C1=O. The highest BCUT2D eigenvalue weighted by Gasteiger charge is 2.34. The van der Waals surface area contributed by atoms with Crippen LogP contribution in [0.25, 0.3) is 0 Å². The molecular weight excluding hydrogens is 268 g/mol. The third-order valence-electron chi connectivity index (χ3n) is 3.57. The zero-order valence-electron chi connectivity index (χ0n) is 12.4. The number of nitrogens with zero attached hydrogens (tertiary/aromatic N) is 1. The molecule has 1 heterocycles. The molecule has 2 rings (SSSR count). The summed E-state index contributed by atoms with van der Waals surface area (Å²) in [5.41, 5.74) is 0.838. The van der Waals surface area contributed by atoms with Crippen LogP contribution in [0.1, 0.15) is 53.8 Å². The van der Waals surface area contributed by atoms with E-state index in [9.17, 15) is 14.4 Å². The van der Waals surface area contributed by atoms with Crippen LogP contribution in [0.3, 0.4) is 0 Å². The Morgan fingerprint density at radius 3 is 2.29 bits per heavy atom. The quantitative estimate of drug-likeness (QED) is 0.814. The van der Waals surface area contributed by atoms with Gasteiger partial charge in [-0.05, 0) is 25.5 Å². The molecular formula is C16H20N2O3. The Morgan fingerprint density at radius 1 is 1.19 bits per heavy atom. The minimum atomic E-state index is -0.315. The first-order valence-electron chi connectivity index (χ1n) is 7.29. The zero-order chi connectivity index (χ0) is 15.4. The number of amides is 3. The van der Waals surface area contributed by atoms with Crippen molar-refractivity contribution in [2.75, 3.05) is 6.54 Å². The minimum Gasteiger partial charge on any atom is -0.354 e. The van der Waals surface area contributed by atoms with Crippen LogP contribution in [-0.4, -0.2) is 35.2 Å². The summed E-state index contributed by atoms with van der Waals surface area (Å²) in [6, 6.07) is 6.85. The normalized spacial score (nSPS) is 15.0. The third kappa shape index (κ3) is 3.29. The first-order valence-corrected chi connectivity index (χ1v) is 7.29. The molecule has 0 saturated heterocycles. The molecule has 0 fully saturated rings. The van der Waals surface area contributed by atoms with Gasteiger partial charge in [0.2, 0.25) is 5.91 Å². The van der Waals surface area contributed by atoms with E-state index in [1.165, 1.54) is 0 Å². The lowest BCUT2D eigenvalue weighted by Gasteiger charge is -2.16. The van der Waals surface area contributed by atoms with E-state index < -0.39 is 0 Å². The van der Waals surface area contributed by atoms with E-state index in [4.69, 9.17) is 0 Å². The summed E-state index contributed by atoms with van der Waals surface area (Å²) in [5, 5.41) is 2.87. The maximum absolute atomic E-state index is 12.1. The largest absolute Gasteiger partial charge is 0.354 e. The topological polar surface area (TPSA) is 66.5 Å². The number of carbonyl (C=O) groups excluding carboxylic acids is 3. The fourth-order valence-corrected chi connectivity index (χ4v) is 2.51. The Labute approximate surface area is 124 Å². The Hall–Kier alpha value is -2.17. The van der Waals surface area contributed by atoms with Gasteiger partial charge in [-0.25, -0.2) is 0 Å². The summed E-state index contributed by atoms with van der Waals surface area (Å²) in [6.07, 6.45) is 2.05. The van der Waals surface area contributed by atoms with E-state index in [0.717, 1.165) is 17.7 Å². The second-order valence-electron chi connectivity index (χ2n) is 5.31. The van der Waals surface area contributed by atoms with Crippen LogP contribution in [0.2, 0.25) is 0 Å². The second-order valence-corrected chi connectivity index (χ2v) is 5.31. The molecule has 5 heteroatoms. The van der Waals surface area contributed by atoms with E-state index in [1.54, 1.807) is 24.3 Å². The summed E-state index contributed by atoms with van der Waals surface area (Å²) in [5.74, 6) is -0.762. The number of hydrogen-bond donors (Lipinski definition) is 1. The van der Waals surface area contributed by atoms with Crippen molar-refractivity contribution in [3.8, 4) is 0 Å². The van der Waals surface area contributed by atoms with E-state index >= 15 is 0 Å². The molecule has 0 aliphatic carbocycles. The first kappa shape index (κ1) is 15.2. The number of benzene rings is 1. The lowest BCUT2D eigenvalue weighted by molar-refractivity contribution is -0.121. The fraction of sp³-hybridized carbons (Fsp3) is 0.438. The van der Waals surface area contributed by atoms with Crippen molar-refractivity contribution < 1.29 is 14.4 Å². The Bertz CT molecular complexity index is 533. The van der Waals surface area contributed by atoms with Crippen LogP contribution in [0.15, 0.2) is 24.3 Å². The van der Waals surface area contributed by atoms with Crippen LogP contribution < -0.4 is 5.32 Å². The molecule has 1 aromatic rings. The van der Waals surface area contributed by atoms with Gasteiger partial charge in [0.15, 0.2) is 0 Å². The number of imide groups is 1. The smallest absolute Gasteiger partial charge is 0.261 e. The highest BCUT2D eigenvalue weighted by atomic mass is 16.2. The standard InChI is InChI=1S/C16H20N2O3/c1-3-6-11(2)17-14(19)9-10-18-15(20)12-7-4-5-8-13(12)16(18)21/h4-5,7-8,11H,3,6,9-10H2,1-2H3,(H,17,19)/t11-/m0/s1. The summed E-state index contributed by atoms with van der Waals surface area (Å²) in [7, 11) is 0. The van der Waals surface area contributed by atoms with E-state index in [2.05, 4.69) is 12.2 Å². The van der Waals surface area contributed by atoms with E-state index in [-0.39, 0.29) is 36.7 Å². The number of nitrogens with one attached hydrogen (secondary N) is 1. The van der Waals surface area contributed by atoms with Crippen molar-refractivity contribution in [2.24, 2.45) is 0 Å². The summed E-state index contributed by atoms with van der Waals surface area (Å²) >= 11 is 0. The predicted octanol–water partition coefficient (Wildman–Crippen LogP) is 1.98. The molecule has 1 aliphatic rings. The van der Waals surface area contributed by atoms with Crippen molar-refractivity contribution in [3.63, 3.8) is 0 Å². The Balaban J connectivity index is 1.92. The highest BCUT2D eigenvalue weighted by Crippen LogP contribution is 2.22. The lowest BCUT2D eigenvalue weighted by atomic mass is 10.1. The van der Waals surface area contributed by atoms with Crippen LogP contribution in [0.5, 0.6) is 0 Å². The summed E-state index contributed by atoms with van der Waals surface area (Å²) in [4.78, 5) is 37.2. The number of hydrogen-bond acceptors (Lipinski definition) is 3. The fourth-order valence-electron chi connectivity index (χ4n) is 2.51. The molecule has 1 atom stereocenters. The van der Waals surface area contributed by atoms with E-state index in [0.29, 0.717) is 11.1 Å². The van der Waals surface area contributed by atoms with Gasteiger partial charge in [-0.1, -0.05) is 25.5 Å². The average molecular weight is 288 g/mol. The second kappa shape index (κ2) is 6.52. The molecule has 3 amide bonds. The maximum atomic E-state index is 12.1. The number of rotatable bonds is 6. The molecule has 0 saturated carbocycles. The minimum absolute atomic E-state index is 0.115. The molecule has 1 aliphatic heterocycles. The number of carbonyl (C=O) groups is 3. The van der Waals surface area contributed by atoms with Gasteiger partial charge in [-0.15, -0.1) is 0 Å². The van der Waals surface area contributed by atoms with Crippen molar-refractivity contribution in [1.29, 1.82) is 0 Å². The molecule has 21 heavy (non-hydrogen) atoms. The summed E-state index contributed by atoms with van der Waals surface area (Å²) in [6.45, 7) is 4.13. The highest BCUT2D eigenvalue weighted by molar-refractivity contribution is 6.21. The van der Waals surface area contributed by atoms with Crippen molar-refractivity contribution in [1.82, 2.24) is 10.2 Å². The predicted molar refractivity (Wildman–Crippen MR) is 78.9 cm³/mol. The molecule has 1 N–H and O–H groups in total. The van der Waals surface area contributed by atoms with Gasteiger partial charge in [0, 0.05) is 19.0 Å². The third-order valence-corrected chi connectivity index (χ3v) is 3.57. The van der Waals surface area contributed by atoms with Gasteiger partial charge >= 0.3 is 0 Å². The molecule has 0 aromatic heterocycles. The number of fused-ring (bicyclic) bond motifs is 1. The molecule has 0 spiro atoms. The molecule has 0 unspecified atom stereocenters. The molecule has 5 nitrogen and oxygen atoms in total. The van der Waals surface area contributed by atoms with Crippen molar-refractivity contribution in [3.05, 3.63) is 35.4 Å². The molecule has 0 bridgehead atoms. The van der Waals surface area contributed by atoms with Gasteiger partial charge in [0.25, 0.3) is 11.8 Å². The van der Waals surface area contributed by atoms with Gasteiger partial charge in [-0.3, -0.25) is 19.3 Å². The molecule has 112 valence electrons. The Morgan fingerprint density at radius 2 is 1.76 bits per heavy atom. The van der Waals surface area contributed by atoms with E-state index in [1.807, 2.05) is 6.92 Å². The van der Waals surface area contributed by atoms with Gasteiger partial charge < -0.3 is 5.32 Å². The van der Waals surface area contributed by atoms with Gasteiger partial charge in [0.1, 0.15) is 0 Å². The summed E-state index contributed by atoms with van der Waals surface area (Å²) < 4.78 is 0.